The monoisotopic (exact) mass is 338 g/mol. The van der Waals surface area contributed by atoms with Crippen molar-refractivity contribution < 1.29 is 21.6 Å². The number of hydrogen-bond acceptors (Lipinski definition) is 5. The Balaban J connectivity index is 2.06. The third-order valence-electron chi connectivity index (χ3n) is 3.79. The fourth-order valence-corrected chi connectivity index (χ4v) is 4.88. The van der Waals surface area contributed by atoms with Crippen molar-refractivity contribution in [3.8, 4) is 0 Å². The van der Waals surface area contributed by atoms with Crippen LogP contribution in [0.15, 0.2) is 0 Å². The van der Waals surface area contributed by atoms with E-state index in [0.29, 0.717) is 0 Å². The first-order valence-electron chi connectivity index (χ1n) is 7.04. The molecule has 2 amide bonds. The van der Waals surface area contributed by atoms with Crippen LogP contribution in [-0.2, 0) is 19.7 Å². The van der Waals surface area contributed by atoms with Crippen LogP contribution < -0.4 is 0 Å². The van der Waals surface area contributed by atoms with Crippen molar-refractivity contribution in [3.05, 3.63) is 0 Å². The Labute approximate surface area is 126 Å². The second-order valence-electron chi connectivity index (χ2n) is 6.00. The van der Waals surface area contributed by atoms with Gasteiger partial charge in [0, 0.05) is 31.4 Å². The van der Waals surface area contributed by atoms with E-state index in [2.05, 4.69) is 0 Å². The summed E-state index contributed by atoms with van der Waals surface area (Å²) in [5, 5.41) is 0. The number of urea groups is 1. The molecule has 1 heterocycles. The van der Waals surface area contributed by atoms with E-state index in [1.165, 1.54) is 4.90 Å². The zero-order chi connectivity index (χ0) is 15.8. The van der Waals surface area contributed by atoms with Gasteiger partial charge < -0.3 is 9.80 Å². The summed E-state index contributed by atoms with van der Waals surface area (Å²) in [6, 6.07) is -0.533. The van der Waals surface area contributed by atoms with E-state index in [0.717, 1.165) is 19.1 Å². The van der Waals surface area contributed by atoms with E-state index in [1.807, 2.05) is 0 Å². The minimum Gasteiger partial charge on any atom is -0.323 e. The van der Waals surface area contributed by atoms with Gasteiger partial charge in [0.2, 0.25) is 0 Å². The first-order chi connectivity index (χ1) is 9.59. The molecular formula is C12H22N2O5S2. The number of sulfone groups is 2. The molecule has 1 saturated carbocycles. The summed E-state index contributed by atoms with van der Waals surface area (Å²) >= 11 is 0. The van der Waals surface area contributed by atoms with Crippen LogP contribution in [0.5, 0.6) is 0 Å². The van der Waals surface area contributed by atoms with Gasteiger partial charge in [-0.15, -0.1) is 0 Å². The largest absolute Gasteiger partial charge is 0.323 e. The van der Waals surface area contributed by atoms with Gasteiger partial charge in [-0.3, -0.25) is 0 Å². The second kappa shape index (κ2) is 5.75. The van der Waals surface area contributed by atoms with Crippen LogP contribution in [0.1, 0.15) is 19.8 Å². The van der Waals surface area contributed by atoms with Gasteiger partial charge in [-0.05, 0) is 19.8 Å². The van der Waals surface area contributed by atoms with Crippen molar-refractivity contribution >= 4 is 25.7 Å². The van der Waals surface area contributed by atoms with Crippen LogP contribution in [0.3, 0.4) is 0 Å². The Morgan fingerprint density at radius 2 is 1.81 bits per heavy atom. The molecule has 0 spiro atoms. The van der Waals surface area contributed by atoms with Gasteiger partial charge in [-0.2, -0.15) is 0 Å². The van der Waals surface area contributed by atoms with Gasteiger partial charge >= 0.3 is 6.03 Å². The first kappa shape index (κ1) is 16.5. The Hall–Kier alpha value is -0.830. The minimum absolute atomic E-state index is 0.0162. The molecule has 0 aromatic heterocycles. The molecule has 21 heavy (non-hydrogen) atoms. The molecular weight excluding hydrogens is 316 g/mol. The molecule has 1 saturated heterocycles. The third kappa shape index (κ3) is 4.57. The Morgan fingerprint density at radius 3 is 2.24 bits per heavy atom. The van der Waals surface area contributed by atoms with Gasteiger partial charge in [-0.1, -0.05) is 0 Å². The van der Waals surface area contributed by atoms with Crippen LogP contribution in [0.4, 0.5) is 4.79 Å². The summed E-state index contributed by atoms with van der Waals surface area (Å²) in [5.41, 5.74) is 0. The zero-order valence-electron chi connectivity index (χ0n) is 12.4. The predicted molar refractivity (Wildman–Crippen MR) is 79.7 cm³/mol. The van der Waals surface area contributed by atoms with Crippen molar-refractivity contribution in [1.82, 2.24) is 9.80 Å². The van der Waals surface area contributed by atoms with E-state index in [-0.39, 0.29) is 42.4 Å². The molecule has 7 nitrogen and oxygen atoms in total. The van der Waals surface area contributed by atoms with Crippen LogP contribution in [0.25, 0.3) is 0 Å². The number of carbonyl (C=O) groups excluding carboxylic acids is 1. The molecule has 2 fully saturated rings. The highest BCUT2D eigenvalue weighted by atomic mass is 32.2. The molecule has 0 radical (unpaired) electrons. The lowest BCUT2D eigenvalue weighted by molar-refractivity contribution is 0.140. The molecule has 2 aliphatic rings. The van der Waals surface area contributed by atoms with Crippen LogP contribution >= 0.6 is 0 Å². The molecule has 9 heteroatoms. The van der Waals surface area contributed by atoms with E-state index >= 15 is 0 Å². The number of carbonyl (C=O) groups is 1. The van der Waals surface area contributed by atoms with Crippen molar-refractivity contribution in [2.24, 2.45) is 0 Å². The van der Waals surface area contributed by atoms with Crippen LogP contribution in [0, 0.1) is 0 Å². The zero-order valence-corrected chi connectivity index (χ0v) is 14.0. The van der Waals surface area contributed by atoms with E-state index in [1.54, 1.807) is 11.8 Å². The number of hydrogen-bond donors (Lipinski definition) is 0. The molecule has 1 aliphatic heterocycles. The maximum Gasteiger partial charge on any atom is 0.320 e. The molecule has 1 unspecified atom stereocenters. The van der Waals surface area contributed by atoms with Crippen LogP contribution in [0.2, 0.25) is 0 Å². The van der Waals surface area contributed by atoms with Gasteiger partial charge in [-0.25, -0.2) is 21.6 Å². The Bertz CT molecular complexity index is 596. The summed E-state index contributed by atoms with van der Waals surface area (Å²) < 4.78 is 45.7. The van der Waals surface area contributed by atoms with Crippen molar-refractivity contribution in [3.63, 3.8) is 0 Å². The standard InChI is InChI=1S/C12H22N2O5S2/c1-10(9-20(2,16)17)14(11-3-4-11)12(15)13-5-7-21(18,19)8-6-13/h10-11H,3-9H2,1-2H3. The third-order valence-corrected chi connectivity index (χ3v) is 6.49. The molecule has 0 aromatic rings. The van der Waals surface area contributed by atoms with Gasteiger partial charge in [0.15, 0.2) is 9.84 Å². The summed E-state index contributed by atoms with van der Waals surface area (Å²) in [6.45, 7) is 2.12. The van der Waals surface area contributed by atoms with Crippen molar-refractivity contribution in [1.29, 1.82) is 0 Å². The summed E-state index contributed by atoms with van der Waals surface area (Å²) in [4.78, 5) is 15.7. The first-order valence-corrected chi connectivity index (χ1v) is 10.9. The van der Waals surface area contributed by atoms with E-state index < -0.39 is 25.7 Å². The maximum atomic E-state index is 12.6. The molecule has 0 N–H and O–H groups in total. The highest BCUT2D eigenvalue weighted by Crippen LogP contribution is 2.30. The lowest BCUT2D eigenvalue weighted by atomic mass is 10.3. The molecule has 122 valence electrons. The van der Waals surface area contributed by atoms with Crippen molar-refractivity contribution in [2.45, 2.75) is 31.8 Å². The molecule has 2 rings (SSSR count). The Morgan fingerprint density at radius 1 is 1.29 bits per heavy atom. The molecule has 1 atom stereocenters. The van der Waals surface area contributed by atoms with Gasteiger partial charge in [0.05, 0.1) is 17.3 Å². The maximum absolute atomic E-state index is 12.6. The Kier molecular flexibility index (Phi) is 4.53. The van der Waals surface area contributed by atoms with Crippen molar-refractivity contribution in [2.75, 3.05) is 36.6 Å². The average molecular weight is 338 g/mol. The topological polar surface area (TPSA) is 91.8 Å². The van der Waals surface area contributed by atoms with Crippen LogP contribution in [-0.4, -0.2) is 81.4 Å². The number of nitrogens with zero attached hydrogens (tertiary/aromatic N) is 2. The predicted octanol–water partition coefficient (Wildman–Crippen LogP) is -0.266. The molecule has 0 bridgehead atoms. The summed E-state index contributed by atoms with van der Waals surface area (Å²) in [5.74, 6) is -0.100. The minimum atomic E-state index is -3.17. The lowest BCUT2D eigenvalue weighted by Crippen LogP contribution is -2.54. The molecule has 0 aromatic carbocycles. The summed E-state index contributed by atoms with van der Waals surface area (Å²) in [7, 11) is -6.20. The highest BCUT2D eigenvalue weighted by molar-refractivity contribution is 7.91. The second-order valence-corrected chi connectivity index (χ2v) is 10.5. The lowest BCUT2D eigenvalue weighted by Gasteiger charge is -2.36. The van der Waals surface area contributed by atoms with Gasteiger partial charge in [0.1, 0.15) is 9.84 Å². The van der Waals surface area contributed by atoms with E-state index in [4.69, 9.17) is 0 Å². The normalized spacial score (nSPS) is 23.6. The highest BCUT2D eigenvalue weighted by Gasteiger charge is 2.39. The molecule has 1 aliphatic carbocycles. The smallest absolute Gasteiger partial charge is 0.320 e. The summed E-state index contributed by atoms with van der Waals surface area (Å²) in [6.07, 6.45) is 2.92. The average Bonchev–Trinajstić information content (AvgIpc) is 3.10. The number of rotatable bonds is 4. The fraction of sp³-hybridized carbons (Fsp3) is 0.917. The quantitative estimate of drug-likeness (QED) is 0.704. The SMILES string of the molecule is CC(CS(C)(=O)=O)N(C(=O)N1CCS(=O)(=O)CC1)C1CC1. The van der Waals surface area contributed by atoms with E-state index in [9.17, 15) is 21.6 Å². The number of amides is 2. The van der Waals surface area contributed by atoms with Gasteiger partial charge in [0.25, 0.3) is 0 Å². The fourth-order valence-electron chi connectivity index (χ4n) is 2.64.